The molecule has 0 bridgehead atoms. The molecule has 1 rings (SSSR count). The van der Waals surface area contributed by atoms with E-state index in [0.717, 1.165) is 22.3 Å². The second-order valence-electron chi connectivity index (χ2n) is 3.40. The topological polar surface area (TPSA) is 60.9 Å². The van der Waals surface area contributed by atoms with Crippen molar-refractivity contribution in [1.82, 2.24) is 9.78 Å². The fraction of sp³-hybridized carbons (Fsp3) is 0.667. The highest BCUT2D eigenvalue weighted by molar-refractivity contribution is 9.10. The summed E-state index contributed by atoms with van der Waals surface area (Å²) in [6.45, 7) is 2.52. The van der Waals surface area contributed by atoms with Gasteiger partial charge >= 0.3 is 0 Å². The number of hydrogen-bond donors (Lipinski definition) is 1. The first kappa shape index (κ1) is 12.9. The molecule has 0 aliphatic rings. The average Bonchev–Trinajstić information content (AvgIpc) is 2.42. The fourth-order valence-electron chi connectivity index (χ4n) is 1.31. The first-order chi connectivity index (χ1) is 7.06. The van der Waals surface area contributed by atoms with Gasteiger partial charge in [0.2, 0.25) is 0 Å². The Bertz CT molecular complexity index is 364. The Morgan fingerprint density at radius 1 is 1.60 bits per heavy atom. The van der Waals surface area contributed by atoms with Crippen molar-refractivity contribution in [3.8, 4) is 0 Å². The third-order valence-corrected chi connectivity index (χ3v) is 4.51. The van der Waals surface area contributed by atoms with Gasteiger partial charge in [0.25, 0.3) is 0 Å². The van der Waals surface area contributed by atoms with E-state index in [-0.39, 0.29) is 0 Å². The highest BCUT2D eigenvalue weighted by atomic mass is 79.9. The molecular weight excluding hydrogens is 278 g/mol. The molecular formula is C9H16BrN3OS. The lowest BCUT2D eigenvalue weighted by atomic mass is 10.4. The molecule has 0 amide bonds. The van der Waals surface area contributed by atoms with Gasteiger partial charge in [-0.25, -0.2) is 0 Å². The summed E-state index contributed by atoms with van der Waals surface area (Å²) in [5, 5.41) is 4.25. The van der Waals surface area contributed by atoms with E-state index in [0.29, 0.717) is 18.1 Å². The molecule has 0 aliphatic heterocycles. The van der Waals surface area contributed by atoms with E-state index in [4.69, 9.17) is 5.73 Å². The molecule has 2 N–H and O–H groups in total. The Kier molecular flexibility index (Phi) is 4.95. The lowest BCUT2D eigenvalue weighted by Crippen LogP contribution is -2.09. The summed E-state index contributed by atoms with van der Waals surface area (Å²) in [6.07, 6.45) is 0.807. The standard InChI is InChI=1S/C9H16BrN3OS/c1-7-9(10)8(13(2)12-7)6-15(14)5-3-4-11/h3-6,11H2,1-2H3. The molecule has 6 heteroatoms. The number of nitrogens with two attached hydrogens (primary N) is 1. The summed E-state index contributed by atoms with van der Waals surface area (Å²) in [5.41, 5.74) is 7.30. The van der Waals surface area contributed by atoms with E-state index in [2.05, 4.69) is 21.0 Å². The maximum atomic E-state index is 11.7. The summed E-state index contributed by atoms with van der Waals surface area (Å²) < 4.78 is 14.4. The average molecular weight is 294 g/mol. The predicted molar refractivity (Wildman–Crippen MR) is 66.0 cm³/mol. The summed E-state index contributed by atoms with van der Waals surface area (Å²) in [7, 11) is 1.02. The van der Waals surface area contributed by atoms with Gasteiger partial charge in [0, 0.05) is 23.6 Å². The molecule has 1 aromatic rings. The van der Waals surface area contributed by atoms with Gasteiger partial charge in [0.15, 0.2) is 0 Å². The van der Waals surface area contributed by atoms with Crippen molar-refractivity contribution in [3.05, 3.63) is 15.9 Å². The lowest BCUT2D eigenvalue weighted by Gasteiger charge is -2.03. The van der Waals surface area contributed by atoms with Crippen LogP contribution >= 0.6 is 15.9 Å². The highest BCUT2D eigenvalue weighted by Crippen LogP contribution is 2.21. The van der Waals surface area contributed by atoms with E-state index in [9.17, 15) is 4.21 Å². The molecule has 86 valence electrons. The highest BCUT2D eigenvalue weighted by Gasteiger charge is 2.12. The largest absolute Gasteiger partial charge is 0.330 e. The van der Waals surface area contributed by atoms with Gasteiger partial charge in [-0.1, -0.05) is 0 Å². The van der Waals surface area contributed by atoms with Crippen LogP contribution in [0.1, 0.15) is 17.8 Å². The molecule has 0 radical (unpaired) electrons. The number of hydrogen-bond acceptors (Lipinski definition) is 3. The van der Waals surface area contributed by atoms with Crippen molar-refractivity contribution >= 4 is 26.7 Å². The van der Waals surface area contributed by atoms with Crippen LogP contribution in [0, 0.1) is 6.92 Å². The van der Waals surface area contributed by atoms with Crippen LogP contribution in [0.4, 0.5) is 0 Å². The maximum absolute atomic E-state index is 11.7. The van der Waals surface area contributed by atoms with Gasteiger partial charge in [-0.3, -0.25) is 8.89 Å². The maximum Gasteiger partial charge on any atom is 0.0738 e. The molecule has 1 aromatic heterocycles. The van der Waals surface area contributed by atoms with Crippen LogP contribution < -0.4 is 5.73 Å². The minimum absolute atomic E-state index is 0.540. The molecule has 0 saturated heterocycles. The quantitative estimate of drug-likeness (QED) is 0.884. The van der Waals surface area contributed by atoms with Gasteiger partial charge in [0.1, 0.15) is 0 Å². The third-order valence-electron chi connectivity index (χ3n) is 2.14. The summed E-state index contributed by atoms with van der Waals surface area (Å²) in [5.74, 6) is 1.20. The van der Waals surface area contributed by atoms with Crippen LogP contribution in [-0.2, 0) is 23.6 Å². The van der Waals surface area contributed by atoms with Gasteiger partial charge in [-0.15, -0.1) is 0 Å². The van der Waals surface area contributed by atoms with Gasteiger partial charge in [-0.05, 0) is 35.8 Å². The Balaban J connectivity index is 2.68. The minimum atomic E-state index is -0.849. The van der Waals surface area contributed by atoms with Gasteiger partial charge in [-0.2, -0.15) is 5.10 Å². The Morgan fingerprint density at radius 3 is 2.73 bits per heavy atom. The van der Waals surface area contributed by atoms with Gasteiger partial charge < -0.3 is 5.73 Å². The molecule has 0 fully saturated rings. The van der Waals surface area contributed by atoms with E-state index in [1.807, 2.05) is 14.0 Å². The molecule has 0 aliphatic carbocycles. The van der Waals surface area contributed by atoms with Crippen LogP contribution in [0.15, 0.2) is 4.47 Å². The Hall–Kier alpha value is -0.200. The lowest BCUT2D eigenvalue weighted by molar-refractivity contribution is 0.673. The third kappa shape index (κ3) is 3.39. The first-order valence-corrected chi connectivity index (χ1v) is 7.07. The molecule has 1 heterocycles. The summed E-state index contributed by atoms with van der Waals surface area (Å²) in [6, 6.07) is 0. The van der Waals surface area contributed by atoms with Crippen molar-refractivity contribution in [2.45, 2.75) is 19.1 Å². The number of rotatable bonds is 5. The fourth-order valence-corrected chi connectivity index (χ4v) is 3.24. The Labute approximate surface area is 101 Å². The number of halogens is 1. The SMILES string of the molecule is Cc1nn(C)c(CS(=O)CCCN)c1Br. The Morgan fingerprint density at radius 2 is 2.27 bits per heavy atom. The number of aromatic nitrogens is 2. The van der Waals surface area contributed by atoms with Crippen LogP contribution in [0.3, 0.4) is 0 Å². The molecule has 1 unspecified atom stereocenters. The van der Waals surface area contributed by atoms with Crippen LogP contribution in [-0.4, -0.2) is 26.3 Å². The van der Waals surface area contributed by atoms with Crippen molar-refractivity contribution in [2.24, 2.45) is 12.8 Å². The van der Waals surface area contributed by atoms with E-state index < -0.39 is 10.8 Å². The molecule has 0 aromatic carbocycles. The van der Waals surface area contributed by atoms with Crippen LogP contribution in [0.25, 0.3) is 0 Å². The van der Waals surface area contributed by atoms with Gasteiger partial charge in [0.05, 0.1) is 21.6 Å². The van der Waals surface area contributed by atoms with Crippen molar-refractivity contribution in [2.75, 3.05) is 12.3 Å². The number of nitrogens with zero attached hydrogens (tertiary/aromatic N) is 2. The van der Waals surface area contributed by atoms with E-state index >= 15 is 0 Å². The summed E-state index contributed by atoms with van der Waals surface area (Å²) >= 11 is 3.46. The normalized spacial score (nSPS) is 13.1. The minimum Gasteiger partial charge on any atom is -0.330 e. The zero-order chi connectivity index (χ0) is 11.4. The van der Waals surface area contributed by atoms with Crippen molar-refractivity contribution in [3.63, 3.8) is 0 Å². The van der Waals surface area contributed by atoms with Crippen molar-refractivity contribution < 1.29 is 4.21 Å². The predicted octanol–water partition coefficient (Wildman–Crippen LogP) is 1.09. The molecule has 4 nitrogen and oxygen atoms in total. The first-order valence-electron chi connectivity index (χ1n) is 4.79. The van der Waals surface area contributed by atoms with Crippen LogP contribution in [0.5, 0.6) is 0 Å². The molecule has 1 atom stereocenters. The zero-order valence-electron chi connectivity index (χ0n) is 8.99. The van der Waals surface area contributed by atoms with Crippen molar-refractivity contribution in [1.29, 1.82) is 0 Å². The zero-order valence-corrected chi connectivity index (χ0v) is 11.4. The molecule has 0 saturated carbocycles. The van der Waals surface area contributed by atoms with Crippen LogP contribution in [0.2, 0.25) is 0 Å². The van der Waals surface area contributed by atoms with E-state index in [1.54, 1.807) is 4.68 Å². The summed E-state index contributed by atoms with van der Waals surface area (Å²) in [4.78, 5) is 0. The second-order valence-corrected chi connectivity index (χ2v) is 5.77. The smallest absolute Gasteiger partial charge is 0.0738 e. The second kappa shape index (κ2) is 5.77. The molecule has 15 heavy (non-hydrogen) atoms. The van der Waals surface area contributed by atoms with E-state index in [1.165, 1.54) is 0 Å². The number of aryl methyl sites for hydroxylation is 2. The molecule has 0 spiro atoms. The monoisotopic (exact) mass is 293 g/mol.